The van der Waals surface area contributed by atoms with E-state index >= 15 is 0 Å². The molecular weight excluding hydrogens is 144 g/mol. The minimum atomic E-state index is 0.685. The zero-order valence-corrected chi connectivity index (χ0v) is 9.03. The van der Waals surface area contributed by atoms with Gasteiger partial charge in [-0.1, -0.05) is 46.5 Å². The maximum absolute atomic E-state index is 2.50. The van der Waals surface area contributed by atoms with Crippen LogP contribution >= 0.6 is 0 Å². The first-order valence-corrected chi connectivity index (χ1v) is 5.66. The van der Waals surface area contributed by atoms with E-state index in [1.807, 2.05) is 0 Å². The number of hydrogen-bond acceptors (Lipinski definition) is 0. The molecule has 0 spiro atoms. The highest BCUT2D eigenvalue weighted by atomic mass is 14.3. The Labute approximate surface area is 77.7 Å². The monoisotopic (exact) mass is 168 g/mol. The van der Waals surface area contributed by atoms with Crippen molar-refractivity contribution in [1.82, 2.24) is 0 Å². The summed E-state index contributed by atoms with van der Waals surface area (Å²) in [6.45, 7) is 7.25. The normalized spacial score (nSPS) is 37.8. The molecule has 0 radical (unpaired) electrons. The first-order valence-electron chi connectivity index (χ1n) is 5.66. The lowest BCUT2D eigenvalue weighted by Gasteiger charge is -2.29. The lowest BCUT2D eigenvalue weighted by atomic mass is 9.76. The van der Waals surface area contributed by atoms with Gasteiger partial charge in [0.25, 0.3) is 0 Å². The quantitative estimate of drug-likeness (QED) is 0.536. The molecule has 1 saturated carbocycles. The van der Waals surface area contributed by atoms with Crippen LogP contribution in [0.2, 0.25) is 0 Å². The van der Waals surface area contributed by atoms with E-state index < -0.39 is 0 Å². The molecule has 12 heavy (non-hydrogen) atoms. The second-order valence-corrected chi connectivity index (χ2v) is 5.12. The Hall–Kier alpha value is 0. The number of hydrogen-bond donors (Lipinski definition) is 0. The van der Waals surface area contributed by atoms with Gasteiger partial charge in [-0.2, -0.15) is 0 Å². The van der Waals surface area contributed by atoms with E-state index in [9.17, 15) is 0 Å². The third kappa shape index (κ3) is 2.80. The van der Waals surface area contributed by atoms with E-state index in [1.165, 1.54) is 44.9 Å². The molecule has 0 nitrogen and oxygen atoms in total. The predicted octanol–water partition coefficient (Wildman–Crippen LogP) is 4.39. The van der Waals surface area contributed by atoms with Crippen molar-refractivity contribution in [3.05, 3.63) is 0 Å². The Balaban J connectivity index is 2.49. The highest BCUT2D eigenvalue weighted by Gasteiger charge is 2.27. The van der Waals surface area contributed by atoms with E-state index in [1.54, 1.807) is 0 Å². The van der Waals surface area contributed by atoms with Gasteiger partial charge in [-0.3, -0.25) is 0 Å². The molecule has 0 saturated heterocycles. The fourth-order valence-corrected chi connectivity index (χ4v) is 2.92. The maximum atomic E-state index is 2.50. The summed E-state index contributed by atoms with van der Waals surface area (Å²) >= 11 is 0. The Morgan fingerprint density at radius 3 is 2.75 bits per heavy atom. The zero-order chi connectivity index (χ0) is 9.03. The zero-order valence-electron chi connectivity index (χ0n) is 9.03. The topological polar surface area (TPSA) is 0 Å². The van der Waals surface area contributed by atoms with Crippen molar-refractivity contribution in [2.24, 2.45) is 11.3 Å². The molecule has 0 aromatic heterocycles. The summed E-state index contributed by atoms with van der Waals surface area (Å²) in [7, 11) is 0. The molecule has 1 fully saturated rings. The van der Waals surface area contributed by atoms with Crippen molar-refractivity contribution in [1.29, 1.82) is 0 Å². The third-order valence-corrected chi connectivity index (χ3v) is 3.42. The Morgan fingerprint density at radius 1 is 1.33 bits per heavy atom. The Bertz CT molecular complexity index is 128. The van der Waals surface area contributed by atoms with Crippen molar-refractivity contribution in [2.45, 2.75) is 65.7 Å². The van der Waals surface area contributed by atoms with Crippen LogP contribution in [0.4, 0.5) is 0 Å². The highest BCUT2D eigenvalue weighted by molar-refractivity contribution is 4.79. The summed E-state index contributed by atoms with van der Waals surface area (Å²) in [6, 6.07) is 0. The molecule has 0 aliphatic heterocycles. The number of rotatable bonds is 2. The molecule has 0 N–H and O–H groups in total. The minimum Gasteiger partial charge on any atom is -0.0654 e. The van der Waals surface area contributed by atoms with Crippen LogP contribution in [-0.2, 0) is 0 Å². The van der Waals surface area contributed by atoms with Gasteiger partial charge in [0.2, 0.25) is 0 Å². The Morgan fingerprint density at radius 2 is 2.08 bits per heavy atom. The van der Waals surface area contributed by atoms with Gasteiger partial charge < -0.3 is 0 Å². The van der Waals surface area contributed by atoms with Crippen LogP contribution in [0.1, 0.15) is 65.7 Å². The SMILES string of the molecule is CCCC1(C)CCCCC(C)C1. The molecule has 72 valence electrons. The van der Waals surface area contributed by atoms with Gasteiger partial charge in [-0.25, -0.2) is 0 Å². The smallest absolute Gasteiger partial charge is 0.0323 e. The molecule has 0 heteroatoms. The lowest BCUT2D eigenvalue weighted by molar-refractivity contribution is 0.224. The average Bonchev–Trinajstić information content (AvgIpc) is 2.12. The first kappa shape index (κ1) is 10.1. The van der Waals surface area contributed by atoms with Gasteiger partial charge in [-0.05, 0) is 30.6 Å². The summed E-state index contributed by atoms with van der Waals surface area (Å²) < 4.78 is 0. The van der Waals surface area contributed by atoms with Gasteiger partial charge in [0.05, 0.1) is 0 Å². The van der Waals surface area contributed by atoms with Crippen LogP contribution in [0.5, 0.6) is 0 Å². The summed E-state index contributed by atoms with van der Waals surface area (Å²) in [5, 5.41) is 0. The van der Waals surface area contributed by atoms with Gasteiger partial charge in [0.1, 0.15) is 0 Å². The van der Waals surface area contributed by atoms with Crippen molar-refractivity contribution in [2.75, 3.05) is 0 Å². The van der Waals surface area contributed by atoms with Crippen LogP contribution in [0.3, 0.4) is 0 Å². The molecule has 2 unspecified atom stereocenters. The van der Waals surface area contributed by atoms with Crippen molar-refractivity contribution in [3.8, 4) is 0 Å². The van der Waals surface area contributed by atoms with Gasteiger partial charge >= 0.3 is 0 Å². The van der Waals surface area contributed by atoms with E-state index in [-0.39, 0.29) is 0 Å². The first-order chi connectivity index (χ1) is 5.66. The molecule has 0 aromatic carbocycles. The average molecular weight is 168 g/mol. The molecule has 2 atom stereocenters. The second kappa shape index (κ2) is 4.30. The molecule has 0 bridgehead atoms. The van der Waals surface area contributed by atoms with Gasteiger partial charge in [-0.15, -0.1) is 0 Å². The molecule has 0 aromatic rings. The Kier molecular flexibility index (Phi) is 3.61. The standard InChI is InChI=1S/C12H24/c1-4-8-12(3)9-6-5-7-11(2)10-12/h11H,4-10H2,1-3H3. The minimum absolute atomic E-state index is 0.685. The van der Waals surface area contributed by atoms with Crippen molar-refractivity contribution < 1.29 is 0 Å². The fraction of sp³-hybridized carbons (Fsp3) is 1.00. The van der Waals surface area contributed by atoms with Crippen LogP contribution in [0, 0.1) is 11.3 Å². The maximum Gasteiger partial charge on any atom is -0.0323 e. The molecule has 0 amide bonds. The largest absolute Gasteiger partial charge is 0.0654 e. The van der Waals surface area contributed by atoms with Crippen LogP contribution in [-0.4, -0.2) is 0 Å². The van der Waals surface area contributed by atoms with Crippen LogP contribution in [0.25, 0.3) is 0 Å². The third-order valence-electron chi connectivity index (χ3n) is 3.42. The van der Waals surface area contributed by atoms with Crippen molar-refractivity contribution >= 4 is 0 Å². The van der Waals surface area contributed by atoms with Crippen LogP contribution < -0.4 is 0 Å². The van der Waals surface area contributed by atoms with E-state index in [0.717, 1.165) is 5.92 Å². The summed E-state index contributed by atoms with van der Waals surface area (Å²) in [4.78, 5) is 0. The summed E-state index contributed by atoms with van der Waals surface area (Å²) in [5.74, 6) is 0.976. The van der Waals surface area contributed by atoms with E-state index in [4.69, 9.17) is 0 Å². The summed E-state index contributed by atoms with van der Waals surface area (Å²) in [6.07, 6.45) is 10.2. The van der Waals surface area contributed by atoms with Gasteiger partial charge in [0.15, 0.2) is 0 Å². The highest BCUT2D eigenvalue weighted by Crippen LogP contribution is 2.40. The van der Waals surface area contributed by atoms with Gasteiger partial charge in [0, 0.05) is 0 Å². The summed E-state index contributed by atoms with van der Waals surface area (Å²) in [5.41, 5.74) is 0.685. The molecule has 1 rings (SSSR count). The molecule has 0 heterocycles. The predicted molar refractivity (Wildman–Crippen MR) is 55.3 cm³/mol. The second-order valence-electron chi connectivity index (χ2n) is 5.12. The van der Waals surface area contributed by atoms with E-state index in [2.05, 4.69) is 20.8 Å². The molecule has 1 aliphatic carbocycles. The van der Waals surface area contributed by atoms with Crippen LogP contribution in [0.15, 0.2) is 0 Å². The van der Waals surface area contributed by atoms with Crippen molar-refractivity contribution in [3.63, 3.8) is 0 Å². The molecular formula is C12H24. The fourth-order valence-electron chi connectivity index (χ4n) is 2.92. The van der Waals surface area contributed by atoms with E-state index in [0.29, 0.717) is 5.41 Å². The lowest BCUT2D eigenvalue weighted by Crippen LogP contribution is -2.17. The molecule has 1 aliphatic rings.